The van der Waals surface area contributed by atoms with Gasteiger partial charge >= 0.3 is 6.18 Å². The third-order valence-electron chi connectivity index (χ3n) is 3.89. The van der Waals surface area contributed by atoms with Crippen LogP contribution in [-0.2, 0) is 12.6 Å². The molecule has 2 aromatic rings. The zero-order valence-corrected chi connectivity index (χ0v) is 15.2. The van der Waals surface area contributed by atoms with E-state index in [1.165, 1.54) is 4.90 Å². The fourth-order valence-corrected chi connectivity index (χ4v) is 3.76. The van der Waals surface area contributed by atoms with Crippen LogP contribution in [0.2, 0.25) is 5.02 Å². The van der Waals surface area contributed by atoms with Crippen LogP contribution in [0.1, 0.15) is 27.4 Å². The van der Waals surface area contributed by atoms with Crippen LogP contribution >= 0.6 is 23.4 Å². The Hall–Kier alpha value is -1.80. The Labute approximate surface area is 157 Å². The van der Waals surface area contributed by atoms with Gasteiger partial charge in [0, 0.05) is 42.2 Å². The maximum Gasteiger partial charge on any atom is 0.434 e. The largest absolute Gasteiger partial charge is 0.434 e. The van der Waals surface area contributed by atoms with E-state index in [2.05, 4.69) is 9.97 Å². The number of carbonyl (C=O) groups excluding carboxylic acids is 1. The van der Waals surface area contributed by atoms with Crippen LogP contribution in [0.15, 0.2) is 30.5 Å². The third-order valence-corrected chi connectivity index (χ3v) is 5.06. The Morgan fingerprint density at radius 1 is 1.27 bits per heavy atom. The van der Waals surface area contributed by atoms with E-state index >= 15 is 0 Å². The number of nitrogens with zero attached hydrogens (tertiary/aromatic N) is 3. The van der Waals surface area contributed by atoms with Crippen LogP contribution in [0.3, 0.4) is 0 Å². The van der Waals surface area contributed by atoms with E-state index in [1.807, 2.05) is 0 Å². The van der Waals surface area contributed by atoms with Gasteiger partial charge in [-0.2, -0.15) is 24.9 Å². The van der Waals surface area contributed by atoms with Crippen LogP contribution in [0, 0.1) is 0 Å². The van der Waals surface area contributed by atoms with Crippen molar-refractivity contribution < 1.29 is 18.0 Å². The molecule has 3 rings (SSSR count). The minimum absolute atomic E-state index is 0.00894. The van der Waals surface area contributed by atoms with E-state index in [9.17, 15) is 18.0 Å². The molecule has 1 aromatic heterocycles. The maximum atomic E-state index is 13.5. The minimum Gasteiger partial charge on any atom is -0.337 e. The number of hydrogen-bond donors (Lipinski definition) is 0. The molecular formula is C17H15ClF3N3OS. The lowest BCUT2D eigenvalue weighted by molar-refractivity contribution is -0.141. The number of amides is 1. The molecule has 0 unspecified atom stereocenters. The standard InChI is InChI=1S/C17H15ClF3N3OS/c18-12-3-1-2-11(8-12)9-14-22-10-13(15(23-14)17(19,20)21)16(25)24-4-6-26-7-5-24/h1-3,8,10H,4-7,9H2. The van der Waals surface area contributed by atoms with Gasteiger partial charge in [0.15, 0.2) is 5.69 Å². The van der Waals surface area contributed by atoms with Crippen LogP contribution in [0.5, 0.6) is 0 Å². The normalized spacial score (nSPS) is 15.2. The fraction of sp³-hybridized carbons (Fsp3) is 0.353. The first-order chi connectivity index (χ1) is 12.3. The first kappa shape index (κ1) is 19.0. The molecule has 1 saturated heterocycles. The second-order valence-corrected chi connectivity index (χ2v) is 7.42. The van der Waals surface area contributed by atoms with Crippen molar-refractivity contribution >= 4 is 29.3 Å². The van der Waals surface area contributed by atoms with Crippen LogP contribution < -0.4 is 0 Å². The lowest BCUT2D eigenvalue weighted by Gasteiger charge is -2.27. The zero-order valence-electron chi connectivity index (χ0n) is 13.6. The van der Waals surface area contributed by atoms with Crippen LogP contribution in [-0.4, -0.2) is 45.4 Å². The number of aromatic nitrogens is 2. The summed E-state index contributed by atoms with van der Waals surface area (Å²) in [4.78, 5) is 21.6. The molecule has 1 aliphatic rings. The van der Waals surface area contributed by atoms with Crippen molar-refractivity contribution in [1.29, 1.82) is 0 Å². The third kappa shape index (κ3) is 4.48. The molecule has 1 aliphatic heterocycles. The second-order valence-electron chi connectivity index (χ2n) is 5.76. The van der Waals surface area contributed by atoms with E-state index in [0.717, 1.165) is 6.20 Å². The quantitative estimate of drug-likeness (QED) is 0.781. The molecule has 0 aliphatic carbocycles. The molecule has 26 heavy (non-hydrogen) atoms. The van der Waals surface area contributed by atoms with Gasteiger partial charge in [0.25, 0.3) is 5.91 Å². The SMILES string of the molecule is O=C(c1cnc(Cc2cccc(Cl)c2)nc1C(F)(F)F)N1CCSCC1. The Kier molecular flexibility index (Phi) is 5.72. The highest BCUT2D eigenvalue weighted by molar-refractivity contribution is 7.99. The highest BCUT2D eigenvalue weighted by Gasteiger charge is 2.39. The van der Waals surface area contributed by atoms with Crippen molar-refractivity contribution in [3.05, 3.63) is 58.1 Å². The monoisotopic (exact) mass is 401 g/mol. The van der Waals surface area contributed by atoms with E-state index in [1.54, 1.807) is 36.0 Å². The number of rotatable bonds is 3. The molecule has 1 fully saturated rings. The smallest absolute Gasteiger partial charge is 0.337 e. The molecule has 1 aromatic carbocycles. The molecule has 138 valence electrons. The van der Waals surface area contributed by atoms with Gasteiger partial charge in [-0.3, -0.25) is 4.79 Å². The number of carbonyl (C=O) groups is 1. The zero-order chi connectivity index (χ0) is 18.7. The van der Waals surface area contributed by atoms with Gasteiger partial charge < -0.3 is 4.90 Å². The number of alkyl halides is 3. The number of halogens is 4. The van der Waals surface area contributed by atoms with Gasteiger partial charge in [0.2, 0.25) is 0 Å². The summed E-state index contributed by atoms with van der Waals surface area (Å²) in [5.74, 6) is 0.735. The average molecular weight is 402 g/mol. The highest BCUT2D eigenvalue weighted by Crippen LogP contribution is 2.31. The van der Waals surface area contributed by atoms with Crippen molar-refractivity contribution in [3.8, 4) is 0 Å². The van der Waals surface area contributed by atoms with Gasteiger partial charge in [-0.1, -0.05) is 23.7 Å². The first-order valence-electron chi connectivity index (χ1n) is 7.89. The topological polar surface area (TPSA) is 46.1 Å². The Bertz CT molecular complexity index is 810. The number of thioether (sulfide) groups is 1. The molecule has 0 N–H and O–H groups in total. The molecule has 9 heteroatoms. The van der Waals surface area contributed by atoms with E-state index in [4.69, 9.17) is 11.6 Å². The van der Waals surface area contributed by atoms with Gasteiger partial charge in [0.1, 0.15) is 5.82 Å². The van der Waals surface area contributed by atoms with Crippen molar-refractivity contribution in [2.45, 2.75) is 12.6 Å². The first-order valence-corrected chi connectivity index (χ1v) is 9.42. The molecule has 0 radical (unpaired) electrons. The summed E-state index contributed by atoms with van der Waals surface area (Å²) in [5.41, 5.74) is -0.996. The summed E-state index contributed by atoms with van der Waals surface area (Å²) in [5, 5.41) is 0.480. The molecular weight excluding hydrogens is 387 g/mol. The van der Waals surface area contributed by atoms with Gasteiger partial charge in [-0.25, -0.2) is 9.97 Å². The molecule has 0 saturated carbocycles. The lowest BCUT2D eigenvalue weighted by Crippen LogP contribution is -2.39. The van der Waals surface area contributed by atoms with E-state index in [-0.39, 0.29) is 12.2 Å². The summed E-state index contributed by atoms with van der Waals surface area (Å²) in [6.07, 6.45) is -3.65. The average Bonchev–Trinajstić information content (AvgIpc) is 2.61. The lowest BCUT2D eigenvalue weighted by atomic mass is 10.1. The van der Waals surface area contributed by atoms with Crippen molar-refractivity contribution in [3.63, 3.8) is 0 Å². The van der Waals surface area contributed by atoms with Crippen molar-refractivity contribution in [1.82, 2.24) is 14.9 Å². The predicted molar refractivity (Wildman–Crippen MR) is 94.5 cm³/mol. The Morgan fingerprint density at radius 3 is 2.65 bits per heavy atom. The maximum absolute atomic E-state index is 13.5. The Morgan fingerprint density at radius 2 is 2.00 bits per heavy atom. The van der Waals surface area contributed by atoms with Crippen molar-refractivity contribution in [2.24, 2.45) is 0 Å². The Balaban J connectivity index is 1.92. The summed E-state index contributed by atoms with van der Waals surface area (Å²) >= 11 is 7.56. The minimum atomic E-state index is -4.73. The van der Waals surface area contributed by atoms with Crippen LogP contribution in [0.25, 0.3) is 0 Å². The number of hydrogen-bond acceptors (Lipinski definition) is 4. The second kappa shape index (κ2) is 7.84. The molecule has 0 atom stereocenters. The van der Waals surface area contributed by atoms with Gasteiger partial charge in [0.05, 0.1) is 5.56 Å². The molecule has 2 heterocycles. The highest BCUT2D eigenvalue weighted by atomic mass is 35.5. The van der Waals surface area contributed by atoms with Crippen molar-refractivity contribution in [2.75, 3.05) is 24.6 Å². The van der Waals surface area contributed by atoms with Gasteiger partial charge in [-0.05, 0) is 17.7 Å². The summed E-state index contributed by atoms with van der Waals surface area (Å²) in [6.45, 7) is 0.843. The summed E-state index contributed by atoms with van der Waals surface area (Å²) in [6, 6.07) is 6.75. The molecule has 4 nitrogen and oxygen atoms in total. The summed E-state index contributed by atoms with van der Waals surface area (Å²) < 4.78 is 40.4. The van der Waals surface area contributed by atoms with Crippen LogP contribution in [0.4, 0.5) is 13.2 Å². The fourth-order valence-electron chi connectivity index (χ4n) is 2.64. The molecule has 0 spiro atoms. The molecule has 0 bridgehead atoms. The molecule has 1 amide bonds. The van der Waals surface area contributed by atoms with E-state index < -0.39 is 23.3 Å². The summed E-state index contributed by atoms with van der Waals surface area (Å²) in [7, 11) is 0. The van der Waals surface area contributed by atoms with E-state index in [0.29, 0.717) is 35.2 Å². The van der Waals surface area contributed by atoms with Gasteiger partial charge in [-0.15, -0.1) is 0 Å². The number of benzene rings is 1. The predicted octanol–water partition coefficient (Wildman–Crippen LogP) is 3.93.